The fourth-order valence-electron chi connectivity index (χ4n) is 3.20. The van der Waals surface area contributed by atoms with Crippen molar-refractivity contribution in [3.63, 3.8) is 0 Å². The van der Waals surface area contributed by atoms with Gasteiger partial charge in [-0.15, -0.1) is 0 Å². The summed E-state index contributed by atoms with van der Waals surface area (Å²) in [6.45, 7) is 6.60. The largest absolute Gasteiger partial charge is 0.353 e. The quantitative estimate of drug-likeness (QED) is 0.897. The Balaban J connectivity index is 2.02. The van der Waals surface area contributed by atoms with Gasteiger partial charge in [-0.3, -0.25) is 4.79 Å². The van der Waals surface area contributed by atoms with Gasteiger partial charge in [0.05, 0.1) is 4.90 Å². The van der Waals surface area contributed by atoms with Gasteiger partial charge >= 0.3 is 0 Å². The third kappa shape index (κ3) is 3.52. The molecule has 1 unspecified atom stereocenters. The summed E-state index contributed by atoms with van der Waals surface area (Å²) in [5.74, 6) is 0.0844. The van der Waals surface area contributed by atoms with Gasteiger partial charge in [0.1, 0.15) is 6.04 Å². The Bertz CT molecular complexity index is 905. The summed E-state index contributed by atoms with van der Waals surface area (Å²) in [7, 11) is -3.77. The van der Waals surface area contributed by atoms with Crippen molar-refractivity contribution in [1.82, 2.24) is 9.62 Å². The monoisotopic (exact) mass is 372 g/mol. The molecular weight excluding hydrogens is 348 g/mol. The van der Waals surface area contributed by atoms with E-state index < -0.39 is 16.1 Å². The third-order valence-electron chi connectivity index (χ3n) is 4.68. The molecule has 0 spiro atoms. The van der Waals surface area contributed by atoms with Crippen LogP contribution in [0.15, 0.2) is 53.4 Å². The van der Waals surface area contributed by atoms with Crippen molar-refractivity contribution >= 4 is 15.9 Å². The Morgan fingerprint density at radius 3 is 2.42 bits per heavy atom. The number of piperazine rings is 1. The van der Waals surface area contributed by atoms with E-state index in [4.69, 9.17) is 0 Å². The van der Waals surface area contributed by atoms with Crippen molar-refractivity contribution in [1.29, 1.82) is 0 Å². The van der Waals surface area contributed by atoms with E-state index in [1.165, 1.54) is 4.31 Å². The third-order valence-corrected chi connectivity index (χ3v) is 6.54. The lowest BCUT2D eigenvalue weighted by molar-refractivity contribution is -0.126. The number of nitrogens with zero attached hydrogens (tertiary/aromatic N) is 1. The van der Waals surface area contributed by atoms with Crippen LogP contribution in [0.1, 0.15) is 42.5 Å². The molecule has 1 aliphatic rings. The molecule has 3 rings (SSSR count). The van der Waals surface area contributed by atoms with Gasteiger partial charge in [0.2, 0.25) is 15.9 Å². The van der Waals surface area contributed by atoms with Gasteiger partial charge < -0.3 is 5.32 Å². The van der Waals surface area contributed by atoms with Gasteiger partial charge in [0, 0.05) is 13.1 Å². The Morgan fingerprint density at radius 1 is 1.12 bits per heavy atom. The van der Waals surface area contributed by atoms with Crippen LogP contribution in [-0.4, -0.2) is 31.7 Å². The number of amides is 1. The standard InChI is InChI=1S/C20H24N2O3S/c1-14(2)16-7-9-17(10-8-16)19-20(23)21-11-12-22(19)26(24,25)18-6-4-5-15(3)13-18/h4-10,13-14,19H,11-12H2,1-3H3,(H,21,23). The van der Waals surface area contributed by atoms with Crippen LogP contribution >= 0.6 is 0 Å². The van der Waals surface area contributed by atoms with E-state index in [9.17, 15) is 13.2 Å². The van der Waals surface area contributed by atoms with E-state index in [1.807, 2.05) is 37.3 Å². The average molecular weight is 372 g/mol. The van der Waals surface area contributed by atoms with E-state index in [1.54, 1.807) is 18.2 Å². The predicted octanol–water partition coefficient (Wildman–Crippen LogP) is 2.98. The highest BCUT2D eigenvalue weighted by atomic mass is 32.2. The van der Waals surface area contributed by atoms with Crippen LogP contribution in [0.2, 0.25) is 0 Å². The molecule has 6 heteroatoms. The molecule has 1 aliphatic heterocycles. The summed E-state index contributed by atoms with van der Waals surface area (Å²) in [4.78, 5) is 12.8. The molecule has 1 N–H and O–H groups in total. The number of sulfonamides is 1. The van der Waals surface area contributed by atoms with Gasteiger partial charge in [-0.25, -0.2) is 8.42 Å². The van der Waals surface area contributed by atoms with Crippen LogP contribution in [0.25, 0.3) is 0 Å². The van der Waals surface area contributed by atoms with Crippen molar-refractivity contribution in [2.24, 2.45) is 0 Å². The van der Waals surface area contributed by atoms with Crippen LogP contribution in [-0.2, 0) is 14.8 Å². The summed E-state index contributed by atoms with van der Waals surface area (Å²) in [5.41, 5.74) is 2.70. The van der Waals surface area contributed by atoms with Crippen molar-refractivity contribution in [3.05, 3.63) is 65.2 Å². The molecule has 2 aromatic rings. The summed E-state index contributed by atoms with van der Waals surface area (Å²) >= 11 is 0. The van der Waals surface area contributed by atoms with Crippen molar-refractivity contribution in [2.45, 2.75) is 37.6 Å². The first-order valence-electron chi connectivity index (χ1n) is 8.77. The zero-order valence-corrected chi connectivity index (χ0v) is 16.1. The van der Waals surface area contributed by atoms with E-state index in [0.29, 0.717) is 18.0 Å². The second kappa shape index (κ2) is 7.21. The second-order valence-electron chi connectivity index (χ2n) is 6.95. The number of benzene rings is 2. The van der Waals surface area contributed by atoms with Crippen molar-refractivity contribution in [3.8, 4) is 0 Å². The minimum absolute atomic E-state index is 0.219. The van der Waals surface area contributed by atoms with Crippen molar-refractivity contribution in [2.75, 3.05) is 13.1 Å². The number of hydrogen-bond donors (Lipinski definition) is 1. The first-order chi connectivity index (χ1) is 12.3. The molecule has 1 atom stereocenters. The van der Waals surface area contributed by atoms with Gasteiger partial charge in [-0.1, -0.05) is 50.2 Å². The highest BCUT2D eigenvalue weighted by Crippen LogP contribution is 2.30. The fourth-order valence-corrected chi connectivity index (χ4v) is 4.88. The Morgan fingerprint density at radius 2 is 1.81 bits per heavy atom. The molecule has 5 nitrogen and oxygen atoms in total. The molecule has 0 aliphatic carbocycles. The lowest BCUT2D eigenvalue weighted by atomic mass is 9.98. The molecular formula is C20H24N2O3S. The minimum atomic E-state index is -3.77. The topological polar surface area (TPSA) is 66.5 Å². The van der Waals surface area contributed by atoms with Crippen LogP contribution in [0.4, 0.5) is 0 Å². The summed E-state index contributed by atoms with van der Waals surface area (Å²) in [5, 5.41) is 2.79. The first-order valence-corrected chi connectivity index (χ1v) is 10.2. The number of carbonyl (C=O) groups is 1. The maximum Gasteiger partial charge on any atom is 0.244 e. The van der Waals surface area contributed by atoms with E-state index in [2.05, 4.69) is 19.2 Å². The summed E-state index contributed by atoms with van der Waals surface area (Å²) < 4.78 is 27.7. The zero-order chi connectivity index (χ0) is 18.9. The molecule has 26 heavy (non-hydrogen) atoms. The average Bonchev–Trinajstić information content (AvgIpc) is 2.61. The minimum Gasteiger partial charge on any atom is -0.353 e. The van der Waals surface area contributed by atoms with Gasteiger partial charge in [0.25, 0.3) is 0 Å². The molecule has 1 amide bonds. The van der Waals surface area contributed by atoms with Crippen LogP contribution in [0, 0.1) is 6.92 Å². The zero-order valence-electron chi connectivity index (χ0n) is 15.3. The number of carbonyl (C=O) groups excluding carboxylic acids is 1. The normalized spacial score (nSPS) is 18.8. The molecule has 1 saturated heterocycles. The molecule has 1 heterocycles. The highest BCUT2D eigenvalue weighted by Gasteiger charge is 2.39. The number of nitrogens with one attached hydrogen (secondary N) is 1. The lowest BCUT2D eigenvalue weighted by Crippen LogP contribution is -2.52. The van der Waals surface area contributed by atoms with Crippen LogP contribution in [0.3, 0.4) is 0 Å². The summed E-state index contributed by atoms with van der Waals surface area (Å²) in [6.07, 6.45) is 0. The van der Waals surface area contributed by atoms with E-state index in [-0.39, 0.29) is 17.3 Å². The number of hydrogen-bond acceptors (Lipinski definition) is 3. The van der Waals surface area contributed by atoms with Crippen LogP contribution in [0.5, 0.6) is 0 Å². The molecule has 0 saturated carbocycles. The molecule has 0 bridgehead atoms. The van der Waals surface area contributed by atoms with Crippen molar-refractivity contribution < 1.29 is 13.2 Å². The Hall–Kier alpha value is -2.18. The lowest BCUT2D eigenvalue weighted by Gasteiger charge is -2.34. The summed E-state index contributed by atoms with van der Waals surface area (Å²) in [6, 6.07) is 13.6. The molecule has 138 valence electrons. The highest BCUT2D eigenvalue weighted by molar-refractivity contribution is 7.89. The van der Waals surface area contributed by atoms with E-state index >= 15 is 0 Å². The van der Waals surface area contributed by atoms with Gasteiger partial charge in [-0.2, -0.15) is 4.31 Å². The molecule has 0 aromatic heterocycles. The van der Waals surface area contributed by atoms with Crippen LogP contribution < -0.4 is 5.32 Å². The SMILES string of the molecule is Cc1cccc(S(=O)(=O)N2CCNC(=O)C2c2ccc(C(C)C)cc2)c1. The van der Waals surface area contributed by atoms with Gasteiger partial charge in [-0.05, 0) is 41.7 Å². The number of aryl methyl sites for hydroxylation is 1. The predicted molar refractivity (Wildman–Crippen MR) is 101 cm³/mol. The van der Waals surface area contributed by atoms with E-state index in [0.717, 1.165) is 11.1 Å². The molecule has 1 fully saturated rings. The second-order valence-corrected chi connectivity index (χ2v) is 8.84. The smallest absolute Gasteiger partial charge is 0.244 e. The fraction of sp³-hybridized carbons (Fsp3) is 0.350. The Kier molecular flexibility index (Phi) is 5.16. The Labute approximate surface area is 155 Å². The first kappa shape index (κ1) is 18.6. The maximum absolute atomic E-state index is 13.2. The molecule has 0 radical (unpaired) electrons. The van der Waals surface area contributed by atoms with Gasteiger partial charge in [0.15, 0.2) is 0 Å². The molecule has 2 aromatic carbocycles. The number of rotatable bonds is 4. The maximum atomic E-state index is 13.2.